The number of halogens is 2. The monoisotopic (exact) mass is 533 g/mol. The number of aromatic nitrogens is 5. The highest BCUT2D eigenvalue weighted by atomic mass is 19.1. The van der Waals surface area contributed by atoms with Crippen molar-refractivity contribution in [3.63, 3.8) is 0 Å². The highest BCUT2D eigenvalue weighted by Crippen LogP contribution is 2.35. The molecule has 0 bridgehead atoms. The van der Waals surface area contributed by atoms with E-state index in [0.29, 0.717) is 30.0 Å². The van der Waals surface area contributed by atoms with E-state index in [1.807, 2.05) is 49.7 Å². The van der Waals surface area contributed by atoms with Gasteiger partial charge in [0.1, 0.15) is 29.4 Å². The number of anilines is 1. The fourth-order valence-corrected chi connectivity index (χ4v) is 5.17. The van der Waals surface area contributed by atoms with E-state index in [1.54, 1.807) is 16.6 Å². The molecule has 1 aromatic carbocycles. The Kier molecular flexibility index (Phi) is 5.89. The summed E-state index contributed by atoms with van der Waals surface area (Å²) in [5, 5.41) is 4.44. The summed E-state index contributed by atoms with van der Waals surface area (Å²) in [6.07, 6.45) is 3.77. The molecule has 1 saturated heterocycles. The van der Waals surface area contributed by atoms with E-state index in [4.69, 9.17) is 9.72 Å². The van der Waals surface area contributed by atoms with Gasteiger partial charge >= 0.3 is 6.09 Å². The van der Waals surface area contributed by atoms with Crippen molar-refractivity contribution in [2.24, 2.45) is 0 Å². The molecule has 0 N–H and O–H groups in total. The first-order chi connectivity index (χ1) is 18.6. The molecular weight excluding hydrogens is 504 g/mol. The SMILES string of the molecule is CN(C(=O)OC(C)(C)C)[C@H]1CCN(c2ccc3c(n2)Cn2cc(-c4ccc(F)cc4F)cc2-c2ncnn2-3)C1. The first kappa shape index (κ1) is 25.0. The number of nitrogens with zero attached hydrogens (tertiary/aromatic N) is 7. The van der Waals surface area contributed by atoms with Crippen molar-refractivity contribution in [2.75, 3.05) is 25.0 Å². The molecule has 202 valence electrons. The standard InChI is InChI=1S/C28H29F2N7O2/c1-28(2,3)39-27(38)34(4)19-9-10-35(14-19)25-8-7-23-22(33-25)15-36-13-17(20-6-5-18(29)12-21(20)30)11-24(36)26-31-16-32-37(23)26/h5-8,11-13,16,19H,9-10,14-15H2,1-4H3/t19-/m0/s1. The second-order valence-corrected chi connectivity index (χ2v) is 11.0. The van der Waals surface area contributed by atoms with Crippen LogP contribution in [0.3, 0.4) is 0 Å². The Morgan fingerprint density at radius 3 is 2.74 bits per heavy atom. The van der Waals surface area contributed by atoms with E-state index in [0.717, 1.165) is 41.9 Å². The Labute approximate surface area is 224 Å². The molecule has 1 amide bonds. The number of benzene rings is 1. The molecule has 2 aliphatic heterocycles. The van der Waals surface area contributed by atoms with Crippen molar-refractivity contribution in [2.45, 2.75) is 45.4 Å². The summed E-state index contributed by atoms with van der Waals surface area (Å²) in [6, 6.07) is 9.35. The number of hydrogen-bond donors (Lipinski definition) is 0. The highest BCUT2D eigenvalue weighted by molar-refractivity contribution is 5.72. The Bertz CT molecular complexity index is 1570. The number of carbonyl (C=O) groups excluding carboxylic acids is 1. The molecule has 39 heavy (non-hydrogen) atoms. The van der Waals surface area contributed by atoms with Crippen molar-refractivity contribution in [1.82, 2.24) is 29.2 Å². The molecule has 0 unspecified atom stereocenters. The maximum Gasteiger partial charge on any atom is 0.410 e. The fourth-order valence-electron chi connectivity index (χ4n) is 5.17. The summed E-state index contributed by atoms with van der Waals surface area (Å²) < 4.78 is 37.3. The summed E-state index contributed by atoms with van der Waals surface area (Å²) in [6.45, 7) is 7.38. The lowest BCUT2D eigenvalue weighted by Crippen LogP contribution is -2.42. The number of fused-ring (bicyclic) bond motifs is 5. The van der Waals surface area contributed by atoms with Crippen LogP contribution < -0.4 is 4.90 Å². The van der Waals surface area contributed by atoms with E-state index in [1.165, 1.54) is 18.5 Å². The molecule has 9 nitrogen and oxygen atoms in total. The summed E-state index contributed by atoms with van der Waals surface area (Å²) in [5.41, 5.74) is 2.72. The van der Waals surface area contributed by atoms with Crippen LogP contribution in [-0.4, -0.2) is 67.1 Å². The van der Waals surface area contributed by atoms with Crippen LogP contribution in [0.5, 0.6) is 0 Å². The van der Waals surface area contributed by atoms with E-state index < -0.39 is 17.2 Å². The molecule has 0 spiro atoms. The summed E-state index contributed by atoms with van der Waals surface area (Å²) in [5.74, 6) is 0.162. The predicted octanol–water partition coefficient (Wildman–Crippen LogP) is 4.88. The topological polar surface area (TPSA) is 81.3 Å². The molecular formula is C28H29F2N7O2. The predicted molar refractivity (Wildman–Crippen MR) is 142 cm³/mol. The quantitative estimate of drug-likeness (QED) is 0.329. The van der Waals surface area contributed by atoms with Crippen molar-refractivity contribution >= 4 is 11.9 Å². The minimum absolute atomic E-state index is 0.00610. The van der Waals surface area contributed by atoms with Gasteiger partial charge in [-0.1, -0.05) is 0 Å². The van der Waals surface area contributed by atoms with Gasteiger partial charge in [0.05, 0.1) is 29.7 Å². The molecule has 6 rings (SSSR count). The lowest BCUT2D eigenvalue weighted by atomic mass is 10.1. The number of pyridine rings is 1. The smallest absolute Gasteiger partial charge is 0.410 e. The van der Waals surface area contributed by atoms with Gasteiger partial charge in [-0.3, -0.25) is 0 Å². The largest absolute Gasteiger partial charge is 0.444 e. The van der Waals surface area contributed by atoms with Crippen molar-refractivity contribution in [1.29, 1.82) is 0 Å². The zero-order chi connectivity index (χ0) is 27.5. The third-order valence-corrected chi connectivity index (χ3v) is 7.12. The van der Waals surface area contributed by atoms with Crippen molar-refractivity contribution < 1.29 is 18.3 Å². The van der Waals surface area contributed by atoms with Gasteiger partial charge in [0.15, 0.2) is 5.82 Å². The minimum Gasteiger partial charge on any atom is -0.444 e. The lowest BCUT2D eigenvalue weighted by molar-refractivity contribution is 0.0238. The maximum absolute atomic E-state index is 14.6. The van der Waals surface area contributed by atoms with Gasteiger partial charge in [0.25, 0.3) is 0 Å². The van der Waals surface area contributed by atoms with E-state index in [9.17, 15) is 13.6 Å². The van der Waals surface area contributed by atoms with Crippen LogP contribution in [-0.2, 0) is 11.3 Å². The van der Waals surface area contributed by atoms with Crippen LogP contribution in [0.1, 0.15) is 32.9 Å². The zero-order valence-electron chi connectivity index (χ0n) is 22.2. The van der Waals surface area contributed by atoms with Gasteiger partial charge in [-0.2, -0.15) is 5.10 Å². The lowest BCUT2D eigenvalue weighted by Gasteiger charge is -2.28. The Morgan fingerprint density at radius 1 is 1.15 bits per heavy atom. The molecule has 2 aliphatic rings. The van der Waals surface area contributed by atoms with E-state index >= 15 is 0 Å². The second kappa shape index (κ2) is 9.18. The molecule has 0 saturated carbocycles. The first-order valence-electron chi connectivity index (χ1n) is 12.8. The molecule has 0 aliphatic carbocycles. The molecule has 11 heteroatoms. The van der Waals surface area contributed by atoms with Gasteiger partial charge in [0, 0.05) is 43.5 Å². The number of rotatable bonds is 3. The van der Waals surface area contributed by atoms with Crippen molar-refractivity contribution in [3.8, 4) is 28.3 Å². The second-order valence-electron chi connectivity index (χ2n) is 11.0. The molecule has 4 aromatic rings. The Morgan fingerprint density at radius 2 is 1.97 bits per heavy atom. The van der Waals surface area contributed by atoms with Crippen LogP contribution in [0, 0.1) is 11.6 Å². The van der Waals surface area contributed by atoms with Crippen LogP contribution >= 0.6 is 0 Å². The maximum atomic E-state index is 14.6. The molecule has 1 atom stereocenters. The number of ether oxygens (including phenoxy) is 1. The first-order valence-corrected chi connectivity index (χ1v) is 12.8. The fraction of sp³-hybridized carbons (Fsp3) is 0.357. The molecule has 3 aromatic heterocycles. The Balaban J connectivity index is 1.29. The van der Waals surface area contributed by atoms with Gasteiger partial charge in [-0.05, 0) is 57.5 Å². The zero-order valence-corrected chi connectivity index (χ0v) is 22.2. The van der Waals surface area contributed by atoms with Crippen LogP contribution in [0.2, 0.25) is 0 Å². The third-order valence-electron chi connectivity index (χ3n) is 7.12. The number of likely N-dealkylation sites (N-methyl/N-ethyl adjacent to an activating group) is 1. The van der Waals surface area contributed by atoms with Crippen LogP contribution in [0.15, 0.2) is 48.9 Å². The van der Waals surface area contributed by atoms with Gasteiger partial charge in [0.2, 0.25) is 0 Å². The molecule has 1 fully saturated rings. The number of amides is 1. The minimum atomic E-state index is -0.627. The van der Waals surface area contributed by atoms with Gasteiger partial charge < -0.3 is 19.1 Å². The molecule has 0 radical (unpaired) electrons. The molecule has 5 heterocycles. The summed E-state index contributed by atoms with van der Waals surface area (Å²) >= 11 is 0. The van der Waals surface area contributed by atoms with Gasteiger partial charge in [-0.15, -0.1) is 0 Å². The summed E-state index contributed by atoms with van der Waals surface area (Å²) in [4.78, 5) is 25.9. The average Bonchev–Trinajstić information content (AvgIpc) is 3.61. The van der Waals surface area contributed by atoms with Crippen molar-refractivity contribution in [3.05, 3.63) is 66.3 Å². The van der Waals surface area contributed by atoms with Crippen LogP contribution in [0.25, 0.3) is 28.3 Å². The normalized spacial score (nSPS) is 16.4. The summed E-state index contributed by atoms with van der Waals surface area (Å²) in [7, 11) is 1.77. The van der Waals surface area contributed by atoms with E-state index in [2.05, 4.69) is 15.0 Å². The van der Waals surface area contributed by atoms with E-state index in [-0.39, 0.29) is 12.1 Å². The number of hydrogen-bond acceptors (Lipinski definition) is 6. The number of carbonyl (C=O) groups is 1. The average molecular weight is 534 g/mol. The third kappa shape index (κ3) is 4.62. The highest BCUT2D eigenvalue weighted by Gasteiger charge is 2.32. The van der Waals surface area contributed by atoms with Crippen LogP contribution in [0.4, 0.5) is 19.4 Å². The Hall–Kier alpha value is -4.28. The van der Waals surface area contributed by atoms with Gasteiger partial charge in [-0.25, -0.2) is 28.2 Å².